The van der Waals surface area contributed by atoms with E-state index in [1.165, 1.54) is 17.0 Å². The second-order valence-electron chi connectivity index (χ2n) is 6.73. The van der Waals surface area contributed by atoms with Crippen molar-refractivity contribution < 1.29 is 4.79 Å². The fourth-order valence-corrected chi connectivity index (χ4v) is 3.60. The van der Waals surface area contributed by atoms with Gasteiger partial charge in [-0.2, -0.15) is 0 Å². The van der Waals surface area contributed by atoms with Gasteiger partial charge in [-0.25, -0.2) is 4.79 Å². The number of amides is 2. The van der Waals surface area contributed by atoms with E-state index in [2.05, 4.69) is 55.8 Å². The van der Waals surface area contributed by atoms with Gasteiger partial charge in [0.05, 0.1) is 6.04 Å². The first-order valence-electron chi connectivity index (χ1n) is 8.82. The molecule has 24 heavy (non-hydrogen) atoms. The molecule has 0 bridgehead atoms. The van der Waals surface area contributed by atoms with Crippen molar-refractivity contribution in [2.75, 3.05) is 11.9 Å². The molecular formula is C20H27N3O. The van der Waals surface area contributed by atoms with Crippen molar-refractivity contribution in [1.82, 2.24) is 9.47 Å². The molecule has 1 aromatic heterocycles. The summed E-state index contributed by atoms with van der Waals surface area (Å²) in [6.07, 6.45) is 2.05. The van der Waals surface area contributed by atoms with Crippen molar-refractivity contribution in [1.29, 1.82) is 0 Å². The van der Waals surface area contributed by atoms with Crippen molar-refractivity contribution in [2.24, 2.45) is 0 Å². The monoisotopic (exact) mass is 325 g/mol. The van der Waals surface area contributed by atoms with Crippen LogP contribution >= 0.6 is 0 Å². The van der Waals surface area contributed by atoms with Gasteiger partial charge >= 0.3 is 6.03 Å². The molecule has 4 nitrogen and oxygen atoms in total. The second kappa shape index (κ2) is 6.71. The Labute approximate surface area is 144 Å². The van der Waals surface area contributed by atoms with Gasteiger partial charge in [0.15, 0.2) is 0 Å². The summed E-state index contributed by atoms with van der Waals surface area (Å²) >= 11 is 0. The van der Waals surface area contributed by atoms with Gasteiger partial charge in [-0.3, -0.25) is 0 Å². The van der Waals surface area contributed by atoms with Crippen LogP contribution in [0, 0.1) is 20.8 Å². The summed E-state index contributed by atoms with van der Waals surface area (Å²) in [6.45, 7) is 10.1. The fourth-order valence-electron chi connectivity index (χ4n) is 3.60. The third kappa shape index (κ3) is 2.93. The number of hydrogen-bond acceptors (Lipinski definition) is 1. The molecule has 0 fully saturated rings. The minimum Gasteiger partial charge on any atom is -0.345 e. The van der Waals surface area contributed by atoms with Crippen LogP contribution in [0.1, 0.15) is 48.3 Å². The van der Waals surface area contributed by atoms with Gasteiger partial charge in [-0.05, 0) is 56.5 Å². The number of carbonyl (C=O) groups excluding carboxylic acids is 1. The lowest BCUT2D eigenvalue weighted by atomic mass is 10.0. The molecular weight excluding hydrogens is 298 g/mol. The Kier molecular flexibility index (Phi) is 4.65. The van der Waals surface area contributed by atoms with Crippen LogP contribution < -0.4 is 5.32 Å². The number of fused-ring (bicyclic) bond motifs is 1. The largest absolute Gasteiger partial charge is 0.345 e. The second-order valence-corrected chi connectivity index (χ2v) is 6.73. The van der Waals surface area contributed by atoms with E-state index in [0.29, 0.717) is 0 Å². The number of rotatable bonds is 3. The summed E-state index contributed by atoms with van der Waals surface area (Å²) in [5.74, 6) is 0. The molecule has 0 spiro atoms. The highest BCUT2D eigenvalue weighted by Gasteiger charge is 2.31. The molecule has 1 aliphatic rings. The Morgan fingerprint density at radius 1 is 1.17 bits per heavy atom. The van der Waals surface area contributed by atoms with Crippen LogP contribution in [0.3, 0.4) is 0 Å². The van der Waals surface area contributed by atoms with Crippen molar-refractivity contribution in [3.8, 4) is 0 Å². The zero-order valence-corrected chi connectivity index (χ0v) is 15.1. The van der Waals surface area contributed by atoms with Crippen LogP contribution in [0.5, 0.6) is 0 Å². The summed E-state index contributed by atoms with van der Waals surface area (Å²) < 4.78 is 2.35. The molecule has 0 saturated carbocycles. The molecule has 2 aromatic rings. The number of carbonyl (C=O) groups is 1. The zero-order chi connectivity index (χ0) is 17.3. The highest BCUT2D eigenvalue weighted by molar-refractivity contribution is 5.90. The maximum Gasteiger partial charge on any atom is 0.322 e. The van der Waals surface area contributed by atoms with E-state index in [0.717, 1.165) is 37.2 Å². The van der Waals surface area contributed by atoms with E-state index in [1.54, 1.807) is 0 Å². The van der Waals surface area contributed by atoms with E-state index in [-0.39, 0.29) is 12.1 Å². The van der Waals surface area contributed by atoms with Gasteiger partial charge in [0.2, 0.25) is 0 Å². The Morgan fingerprint density at radius 2 is 1.96 bits per heavy atom. The molecule has 0 aliphatic carbocycles. The SMILES string of the molecule is CCCC1c2ccc(C)n2CCN1C(=O)Nc1cccc(C)c1C. The van der Waals surface area contributed by atoms with Crippen molar-refractivity contribution in [3.05, 3.63) is 52.8 Å². The van der Waals surface area contributed by atoms with Crippen LogP contribution in [-0.2, 0) is 6.54 Å². The Balaban J connectivity index is 1.85. The highest BCUT2D eigenvalue weighted by atomic mass is 16.2. The number of aromatic nitrogens is 1. The molecule has 0 radical (unpaired) electrons. The molecule has 0 saturated heterocycles. The van der Waals surface area contributed by atoms with Gasteiger partial charge in [0.1, 0.15) is 0 Å². The number of nitrogens with zero attached hydrogens (tertiary/aromatic N) is 2. The quantitative estimate of drug-likeness (QED) is 0.864. The Hall–Kier alpha value is -2.23. The maximum atomic E-state index is 12.9. The molecule has 2 heterocycles. The number of anilines is 1. The Bertz CT molecular complexity index is 747. The summed E-state index contributed by atoms with van der Waals surface area (Å²) in [7, 11) is 0. The summed E-state index contributed by atoms with van der Waals surface area (Å²) in [5.41, 5.74) is 5.78. The maximum absolute atomic E-state index is 12.9. The number of aryl methyl sites for hydroxylation is 2. The lowest BCUT2D eigenvalue weighted by molar-refractivity contribution is 0.162. The van der Waals surface area contributed by atoms with Gasteiger partial charge in [0.25, 0.3) is 0 Å². The van der Waals surface area contributed by atoms with Gasteiger partial charge in [0, 0.05) is 30.2 Å². The average molecular weight is 325 g/mol. The van der Waals surface area contributed by atoms with Crippen molar-refractivity contribution >= 4 is 11.7 Å². The molecule has 1 aliphatic heterocycles. The molecule has 1 atom stereocenters. The van der Waals surface area contributed by atoms with E-state index < -0.39 is 0 Å². The van der Waals surface area contributed by atoms with Crippen LogP contribution in [0.15, 0.2) is 30.3 Å². The summed E-state index contributed by atoms with van der Waals surface area (Å²) in [4.78, 5) is 14.9. The lowest BCUT2D eigenvalue weighted by Crippen LogP contribution is -2.44. The number of benzene rings is 1. The standard InChI is InChI=1S/C20H27N3O/c1-5-7-18-19-11-10-15(3)22(19)12-13-23(18)20(24)21-17-9-6-8-14(2)16(17)4/h6,8-11,18H,5,7,12-13H2,1-4H3,(H,21,24). The lowest BCUT2D eigenvalue weighted by Gasteiger charge is -2.37. The van der Waals surface area contributed by atoms with E-state index in [4.69, 9.17) is 0 Å². The predicted octanol–water partition coefficient (Wildman–Crippen LogP) is 4.80. The number of hydrogen-bond donors (Lipinski definition) is 1. The molecule has 1 unspecified atom stereocenters. The Morgan fingerprint density at radius 3 is 2.71 bits per heavy atom. The van der Waals surface area contributed by atoms with Gasteiger partial charge in [-0.15, -0.1) is 0 Å². The molecule has 128 valence electrons. The highest BCUT2D eigenvalue weighted by Crippen LogP contribution is 2.32. The van der Waals surface area contributed by atoms with E-state index in [1.807, 2.05) is 17.0 Å². The van der Waals surface area contributed by atoms with Crippen LogP contribution in [-0.4, -0.2) is 22.0 Å². The molecule has 1 aromatic carbocycles. The van der Waals surface area contributed by atoms with Crippen molar-refractivity contribution in [2.45, 2.75) is 53.1 Å². The van der Waals surface area contributed by atoms with Crippen LogP contribution in [0.4, 0.5) is 10.5 Å². The minimum atomic E-state index is 0.00672. The topological polar surface area (TPSA) is 37.3 Å². The first-order chi connectivity index (χ1) is 11.5. The predicted molar refractivity (Wildman–Crippen MR) is 98.5 cm³/mol. The van der Waals surface area contributed by atoms with Crippen LogP contribution in [0.2, 0.25) is 0 Å². The van der Waals surface area contributed by atoms with Crippen LogP contribution in [0.25, 0.3) is 0 Å². The molecule has 4 heteroatoms. The number of urea groups is 1. The summed E-state index contributed by atoms with van der Waals surface area (Å²) in [5, 5.41) is 3.12. The van der Waals surface area contributed by atoms with Crippen molar-refractivity contribution in [3.63, 3.8) is 0 Å². The molecule has 3 rings (SSSR count). The normalized spacial score (nSPS) is 16.8. The average Bonchev–Trinajstić information content (AvgIpc) is 2.94. The summed E-state index contributed by atoms with van der Waals surface area (Å²) in [6, 6.07) is 10.5. The molecule has 2 amide bonds. The number of nitrogens with one attached hydrogen (secondary N) is 1. The van der Waals surface area contributed by atoms with Gasteiger partial charge in [-0.1, -0.05) is 25.5 Å². The zero-order valence-electron chi connectivity index (χ0n) is 15.1. The minimum absolute atomic E-state index is 0.00672. The molecule has 1 N–H and O–H groups in total. The van der Waals surface area contributed by atoms with E-state index in [9.17, 15) is 4.79 Å². The van der Waals surface area contributed by atoms with Gasteiger partial charge < -0.3 is 14.8 Å². The third-order valence-corrected chi connectivity index (χ3v) is 5.18. The third-order valence-electron chi connectivity index (χ3n) is 5.18. The fraction of sp³-hybridized carbons (Fsp3) is 0.450. The first kappa shape index (κ1) is 16.6. The first-order valence-corrected chi connectivity index (χ1v) is 8.82. The van der Waals surface area contributed by atoms with E-state index >= 15 is 0 Å². The smallest absolute Gasteiger partial charge is 0.322 e.